The highest BCUT2D eigenvalue weighted by atomic mass is 19.1. The van der Waals surface area contributed by atoms with Crippen molar-refractivity contribution in [3.8, 4) is 5.69 Å². The second-order valence-corrected chi connectivity index (χ2v) is 7.69. The maximum atomic E-state index is 13.5. The van der Waals surface area contributed by atoms with Crippen LogP contribution in [-0.4, -0.2) is 14.7 Å². The van der Waals surface area contributed by atoms with E-state index in [1.807, 2.05) is 29.3 Å². The predicted molar refractivity (Wildman–Crippen MR) is 121 cm³/mol. The van der Waals surface area contributed by atoms with Crippen LogP contribution in [0.1, 0.15) is 25.1 Å². The van der Waals surface area contributed by atoms with Gasteiger partial charge in [0.1, 0.15) is 11.6 Å². The average molecular weight is 415 g/mol. The number of rotatable bonds is 5. The van der Waals surface area contributed by atoms with Crippen LogP contribution in [0.5, 0.6) is 0 Å². The number of allylic oxidation sites excluding steroid dienone is 4. The molecule has 2 aromatic carbocycles. The number of aromatic nitrogens is 2. The summed E-state index contributed by atoms with van der Waals surface area (Å²) < 4.78 is 28.6. The Labute approximate surface area is 180 Å². The molecule has 4 rings (SSSR count). The fourth-order valence-electron chi connectivity index (χ4n) is 3.47. The summed E-state index contributed by atoms with van der Waals surface area (Å²) in [5, 5.41) is 4.42. The first-order valence-electron chi connectivity index (χ1n) is 10.1. The Balaban J connectivity index is 1.77. The Bertz CT molecular complexity index is 1180. The molecule has 0 fully saturated rings. The van der Waals surface area contributed by atoms with E-state index in [0.717, 1.165) is 33.9 Å². The van der Waals surface area contributed by atoms with E-state index in [4.69, 9.17) is 0 Å². The first-order valence-corrected chi connectivity index (χ1v) is 10.1. The molecule has 0 aliphatic carbocycles. The van der Waals surface area contributed by atoms with Crippen LogP contribution in [0.25, 0.3) is 17.0 Å². The van der Waals surface area contributed by atoms with Crippen molar-refractivity contribution in [2.24, 2.45) is 5.92 Å². The van der Waals surface area contributed by atoms with Crippen LogP contribution in [0.15, 0.2) is 97.5 Å². The van der Waals surface area contributed by atoms with Gasteiger partial charge in [-0.05, 0) is 78.2 Å². The molecule has 1 aliphatic rings. The van der Waals surface area contributed by atoms with E-state index in [0.29, 0.717) is 0 Å². The molecule has 3 aromatic rings. The molecule has 0 N–H and O–H groups in total. The van der Waals surface area contributed by atoms with Gasteiger partial charge in [0, 0.05) is 23.2 Å². The molecule has 0 saturated heterocycles. The average Bonchev–Trinajstić information content (AvgIpc) is 3.23. The summed E-state index contributed by atoms with van der Waals surface area (Å²) in [5.74, 6) is -0.288. The number of hydrogen-bond donors (Lipinski definition) is 0. The monoisotopic (exact) mass is 415 g/mol. The van der Waals surface area contributed by atoms with Crippen molar-refractivity contribution < 1.29 is 8.78 Å². The van der Waals surface area contributed by atoms with Crippen LogP contribution in [0, 0.1) is 17.6 Å². The normalized spacial score (nSPS) is 14.4. The van der Waals surface area contributed by atoms with Gasteiger partial charge in [-0.1, -0.05) is 26.5 Å². The molecule has 0 amide bonds. The van der Waals surface area contributed by atoms with Gasteiger partial charge in [-0.2, -0.15) is 5.10 Å². The molecular formula is C26H23F2N3. The van der Waals surface area contributed by atoms with Crippen LogP contribution >= 0.6 is 0 Å². The van der Waals surface area contributed by atoms with E-state index in [9.17, 15) is 8.78 Å². The molecule has 31 heavy (non-hydrogen) atoms. The molecule has 5 heteroatoms. The summed E-state index contributed by atoms with van der Waals surface area (Å²) in [6.45, 7) is 8.38. The second kappa shape index (κ2) is 8.56. The Kier molecular flexibility index (Phi) is 5.67. The number of hydrogen-bond acceptors (Lipinski definition) is 2. The van der Waals surface area contributed by atoms with Crippen LogP contribution in [0.2, 0.25) is 0 Å². The lowest BCUT2D eigenvalue weighted by Gasteiger charge is -2.29. The highest BCUT2D eigenvalue weighted by molar-refractivity contribution is 5.79. The maximum absolute atomic E-state index is 13.5. The third-order valence-electron chi connectivity index (χ3n) is 4.93. The van der Waals surface area contributed by atoms with E-state index in [1.165, 1.54) is 24.3 Å². The van der Waals surface area contributed by atoms with E-state index >= 15 is 0 Å². The summed E-state index contributed by atoms with van der Waals surface area (Å²) in [5.41, 5.74) is 5.18. The highest BCUT2D eigenvalue weighted by Crippen LogP contribution is 2.32. The minimum Gasteiger partial charge on any atom is -0.317 e. The standard InChI is InChI=1S/C26H23F2N3/c1-18(2)16-26(20-6-8-22(27)9-7-20)30-17-21(5-4-19(30)3)25-14-15-29-31(25)24-12-10-23(28)11-13-24/h4-18H,3H2,1-2H3/b26-16-. The fourth-order valence-corrected chi connectivity index (χ4v) is 3.47. The van der Waals surface area contributed by atoms with Gasteiger partial charge in [-0.15, -0.1) is 0 Å². The third-order valence-corrected chi connectivity index (χ3v) is 4.93. The predicted octanol–water partition coefficient (Wildman–Crippen LogP) is 6.57. The Morgan fingerprint density at radius 2 is 1.58 bits per heavy atom. The molecule has 1 aliphatic heterocycles. The summed E-state index contributed by atoms with van der Waals surface area (Å²) in [6, 6.07) is 14.6. The van der Waals surface area contributed by atoms with Crippen LogP contribution < -0.4 is 0 Å². The van der Waals surface area contributed by atoms with Crippen molar-refractivity contribution in [3.05, 3.63) is 120 Å². The van der Waals surface area contributed by atoms with E-state index < -0.39 is 0 Å². The molecule has 0 bridgehead atoms. The van der Waals surface area contributed by atoms with Gasteiger partial charge in [-0.3, -0.25) is 0 Å². The van der Waals surface area contributed by atoms with Crippen molar-refractivity contribution in [2.75, 3.05) is 0 Å². The van der Waals surface area contributed by atoms with Crippen molar-refractivity contribution in [2.45, 2.75) is 13.8 Å². The van der Waals surface area contributed by atoms with Crippen LogP contribution in [-0.2, 0) is 0 Å². The lowest BCUT2D eigenvalue weighted by atomic mass is 10.0. The van der Waals surface area contributed by atoms with Crippen molar-refractivity contribution in [1.82, 2.24) is 14.7 Å². The summed E-state index contributed by atoms with van der Waals surface area (Å²) in [4.78, 5) is 2.00. The molecule has 2 heterocycles. The lowest BCUT2D eigenvalue weighted by molar-refractivity contribution is 0.626. The van der Waals surface area contributed by atoms with Gasteiger partial charge in [-0.25, -0.2) is 13.5 Å². The molecule has 156 valence electrons. The van der Waals surface area contributed by atoms with Gasteiger partial charge in [0.05, 0.1) is 17.6 Å². The fraction of sp³-hybridized carbons (Fsp3) is 0.115. The molecule has 1 aromatic heterocycles. The van der Waals surface area contributed by atoms with E-state index in [2.05, 4.69) is 31.6 Å². The van der Waals surface area contributed by atoms with Crippen LogP contribution in [0.4, 0.5) is 8.78 Å². The lowest BCUT2D eigenvalue weighted by Crippen LogP contribution is -2.18. The van der Waals surface area contributed by atoms with E-state index in [1.54, 1.807) is 35.1 Å². The van der Waals surface area contributed by atoms with Gasteiger partial charge >= 0.3 is 0 Å². The van der Waals surface area contributed by atoms with Gasteiger partial charge in [0.25, 0.3) is 0 Å². The molecule has 0 unspecified atom stereocenters. The molecule has 0 radical (unpaired) electrons. The Morgan fingerprint density at radius 3 is 2.23 bits per heavy atom. The maximum Gasteiger partial charge on any atom is 0.123 e. The zero-order valence-corrected chi connectivity index (χ0v) is 17.5. The largest absolute Gasteiger partial charge is 0.317 e. The van der Waals surface area contributed by atoms with Gasteiger partial charge in [0.2, 0.25) is 0 Å². The Hall–Kier alpha value is -3.73. The first kappa shape index (κ1) is 20.5. The molecule has 3 nitrogen and oxygen atoms in total. The van der Waals surface area contributed by atoms with Crippen LogP contribution in [0.3, 0.4) is 0 Å². The molecule has 0 spiro atoms. The highest BCUT2D eigenvalue weighted by Gasteiger charge is 2.19. The zero-order chi connectivity index (χ0) is 22.0. The summed E-state index contributed by atoms with van der Waals surface area (Å²) >= 11 is 0. The van der Waals surface area contributed by atoms with Gasteiger partial charge < -0.3 is 4.90 Å². The topological polar surface area (TPSA) is 21.1 Å². The van der Waals surface area contributed by atoms with Crippen molar-refractivity contribution in [3.63, 3.8) is 0 Å². The summed E-state index contributed by atoms with van der Waals surface area (Å²) in [7, 11) is 0. The SMILES string of the molecule is C=C1C=CC(c2ccnn2-c2ccc(F)cc2)=CN1/C(=C\C(C)C)c1ccc(F)cc1. The molecule has 0 saturated carbocycles. The Morgan fingerprint density at radius 1 is 0.935 bits per heavy atom. The number of halogens is 2. The smallest absolute Gasteiger partial charge is 0.123 e. The molecule has 0 atom stereocenters. The quantitative estimate of drug-likeness (QED) is 0.470. The van der Waals surface area contributed by atoms with Gasteiger partial charge in [0.15, 0.2) is 0 Å². The number of benzene rings is 2. The third kappa shape index (κ3) is 4.40. The zero-order valence-electron chi connectivity index (χ0n) is 17.5. The van der Waals surface area contributed by atoms with Crippen molar-refractivity contribution >= 4 is 11.3 Å². The van der Waals surface area contributed by atoms with Crippen molar-refractivity contribution in [1.29, 1.82) is 0 Å². The van der Waals surface area contributed by atoms with E-state index in [-0.39, 0.29) is 17.6 Å². The second-order valence-electron chi connectivity index (χ2n) is 7.69. The minimum absolute atomic E-state index is 0.274. The molecular weight excluding hydrogens is 392 g/mol. The first-order chi connectivity index (χ1) is 14.9. The minimum atomic E-state index is -0.292. The number of nitrogens with zero attached hydrogens (tertiary/aromatic N) is 3. The summed E-state index contributed by atoms with van der Waals surface area (Å²) in [6.07, 6.45) is 9.76.